The third kappa shape index (κ3) is 2.18. The summed E-state index contributed by atoms with van der Waals surface area (Å²) in [6.45, 7) is 5.05. The Morgan fingerprint density at radius 2 is 2.10 bits per heavy atom. The Bertz CT molecular complexity index is 670. The summed E-state index contributed by atoms with van der Waals surface area (Å²) in [6, 6.07) is 9.09. The van der Waals surface area contributed by atoms with Crippen molar-refractivity contribution < 1.29 is 4.74 Å². The van der Waals surface area contributed by atoms with Crippen LogP contribution in [0, 0.1) is 0 Å². The Morgan fingerprint density at radius 1 is 1.24 bits per heavy atom. The van der Waals surface area contributed by atoms with E-state index in [0.717, 1.165) is 12.2 Å². The molecule has 1 N–H and O–H groups in total. The lowest BCUT2D eigenvalue weighted by Crippen LogP contribution is -2.39. The first-order chi connectivity index (χ1) is 10.2. The third-order valence-electron chi connectivity index (χ3n) is 4.35. The summed E-state index contributed by atoms with van der Waals surface area (Å²) in [5, 5.41) is 2.19. The van der Waals surface area contributed by atoms with E-state index in [1.807, 2.05) is 6.07 Å². The Morgan fingerprint density at radius 3 is 2.95 bits per heavy atom. The van der Waals surface area contributed by atoms with Crippen molar-refractivity contribution in [2.24, 2.45) is 0 Å². The van der Waals surface area contributed by atoms with E-state index in [9.17, 15) is 0 Å². The van der Waals surface area contributed by atoms with Crippen molar-refractivity contribution in [1.82, 2.24) is 10.4 Å². The largest absolute Gasteiger partial charge is 0.489 e. The van der Waals surface area contributed by atoms with E-state index >= 15 is 0 Å². The minimum atomic E-state index is 0.288. The molecule has 3 heteroatoms. The van der Waals surface area contributed by atoms with E-state index in [1.54, 1.807) is 0 Å². The molecule has 108 valence electrons. The zero-order chi connectivity index (χ0) is 14.4. The summed E-state index contributed by atoms with van der Waals surface area (Å²) in [6.07, 6.45) is 7.83. The molecule has 0 amide bonds. The van der Waals surface area contributed by atoms with Gasteiger partial charge in [0.25, 0.3) is 0 Å². The van der Waals surface area contributed by atoms with E-state index in [1.165, 1.54) is 22.3 Å². The van der Waals surface area contributed by atoms with Crippen molar-refractivity contribution in [3.63, 3.8) is 0 Å². The van der Waals surface area contributed by atoms with E-state index in [2.05, 4.69) is 60.8 Å². The molecule has 0 radical (unpaired) electrons. The lowest BCUT2D eigenvalue weighted by atomic mass is 9.89. The minimum absolute atomic E-state index is 0.288. The second kappa shape index (κ2) is 4.78. The number of para-hydroxylation sites is 1. The molecule has 0 aromatic heterocycles. The molecule has 2 heterocycles. The first kappa shape index (κ1) is 12.7. The van der Waals surface area contributed by atoms with Crippen LogP contribution >= 0.6 is 0 Å². The minimum Gasteiger partial charge on any atom is -0.489 e. The smallest absolute Gasteiger partial charge is 0.123 e. The van der Waals surface area contributed by atoms with Gasteiger partial charge in [0.05, 0.1) is 6.04 Å². The normalized spacial score (nSPS) is 23.3. The number of hydrogen-bond acceptors (Lipinski definition) is 3. The number of rotatable bonds is 1. The zero-order valence-corrected chi connectivity index (χ0v) is 12.5. The predicted octanol–water partition coefficient (Wildman–Crippen LogP) is 2.97. The highest BCUT2D eigenvalue weighted by Gasteiger charge is 2.28. The van der Waals surface area contributed by atoms with Crippen molar-refractivity contribution in [2.45, 2.75) is 32.4 Å². The summed E-state index contributed by atoms with van der Waals surface area (Å²) < 4.78 is 5.97. The highest BCUT2D eigenvalue weighted by molar-refractivity contribution is 5.53. The second-order valence-corrected chi connectivity index (χ2v) is 6.17. The Balaban J connectivity index is 1.69. The average molecular weight is 280 g/mol. The van der Waals surface area contributed by atoms with Gasteiger partial charge in [-0.3, -0.25) is 0 Å². The zero-order valence-electron chi connectivity index (χ0n) is 12.5. The molecule has 1 aliphatic carbocycles. The van der Waals surface area contributed by atoms with E-state index in [-0.39, 0.29) is 6.04 Å². The Labute approximate surface area is 125 Å². The van der Waals surface area contributed by atoms with Gasteiger partial charge in [-0.15, -0.1) is 0 Å². The maximum absolute atomic E-state index is 5.97. The van der Waals surface area contributed by atoms with Crippen LogP contribution in [-0.2, 0) is 6.42 Å². The van der Waals surface area contributed by atoms with Crippen molar-refractivity contribution >= 4 is 0 Å². The van der Waals surface area contributed by atoms with Crippen LogP contribution in [0.4, 0.5) is 0 Å². The summed E-state index contributed by atoms with van der Waals surface area (Å²) in [5.74, 6) is 1.02. The van der Waals surface area contributed by atoms with Gasteiger partial charge >= 0.3 is 0 Å². The standard InChI is InChI=1S/C18H20N2O/c1-12(2)20-10-15-8-14-7-13-5-3-4-6-18(13)21-11-16(14)9-17(15)19-20/h3-6,8-10,12,17,19H,7,11H2,1-2H3. The summed E-state index contributed by atoms with van der Waals surface area (Å²) >= 11 is 0. The lowest BCUT2D eigenvalue weighted by molar-refractivity contribution is 0.235. The topological polar surface area (TPSA) is 24.5 Å². The molecule has 2 aliphatic heterocycles. The second-order valence-electron chi connectivity index (χ2n) is 6.17. The summed E-state index contributed by atoms with van der Waals surface area (Å²) in [4.78, 5) is 0. The fraction of sp³-hybridized carbons (Fsp3) is 0.333. The summed E-state index contributed by atoms with van der Waals surface area (Å²) in [7, 11) is 0. The van der Waals surface area contributed by atoms with E-state index in [0.29, 0.717) is 12.6 Å². The first-order valence-corrected chi connectivity index (χ1v) is 7.59. The molecule has 0 saturated heterocycles. The van der Waals surface area contributed by atoms with E-state index < -0.39 is 0 Å². The van der Waals surface area contributed by atoms with Crippen LogP contribution in [0.1, 0.15) is 19.4 Å². The quantitative estimate of drug-likeness (QED) is 0.856. The van der Waals surface area contributed by atoms with Crippen LogP contribution in [0.3, 0.4) is 0 Å². The number of hydrogen-bond donors (Lipinski definition) is 1. The number of fused-ring (bicyclic) bond motifs is 3. The van der Waals surface area contributed by atoms with Crippen molar-refractivity contribution in [3.05, 3.63) is 64.9 Å². The maximum atomic E-state index is 5.97. The molecule has 4 rings (SSSR count). The van der Waals surface area contributed by atoms with Crippen molar-refractivity contribution in [3.8, 4) is 5.75 Å². The highest BCUT2D eigenvalue weighted by atomic mass is 16.5. The molecule has 1 unspecified atom stereocenters. The number of nitrogens with one attached hydrogen (secondary N) is 1. The monoisotopic (exact) mass is 280 g/mol. The molecule has 0 fully saturated rings. The number of nitrogens with zero attached hydrogens (tertiary/aromatic N) is 1. The fourth-order valence-corrected chi connectivity index (χ4v) is 3.13. The van der Waals surface area contributed by atoms with Gasteiger partial charge in [0.1, 0.15) is 12.4 Å². The number of hydrazine groups is 1. The van der Waals surface area contributed by atoms with Crippen LogP contribution in [-0.4, -0.2) is 23.7 Å². The fourth-order valence-electron chi connectivity index (χ4n) is 3.13. The van der Waals surface area contributed by atoms with Gasteiger partial charge in [0, 0.05) is 18.7 Å². The molecule has 3 aliphatic rings. The average Bonchev–Trinajstić information content (AvgIpc) is 2.80. The Kier molecular flexibility index (Phi) is 2.89. The molecule has 0 bridgehead atoms. The Hall–Kier alpha value is -2.00. The lowest BCUT2D eigenvalue weighted by Gasteiger charge is -2.24. The van der Waals surface area contributed by atoms with Gasteiger partial charge in [-0.25, -0.2) is 5.43 Å². The predicted molar refractivity (Wildman–Crippen MR) is 83.8 cm³/mol. The molecule has 0 spiro atoms. The van der Waals surface area contributed by atoms with Gasteiger partial charge in [0.2, 0.25) is 0 Å². The SMILES string of the molecule is CC(C)N1C=C2C=C3Cc4ccccc4OCC3=CC2N1. The number of ether oxygens (including phenoxy) is 1. The maximum Gasteiger partial charge on any atom is 0.123 e. The van der Waals surface area contributed by atoms with Gasteiger partial charge in [-0.1, -0.05) is 30.4 Å². The van der Waals surface area contributed by atoms with Crippen LogP contribution < -0.4 is 10.2 Å². The molecule has 1 atom stereocenters. The molecule has 1 aromatic carbocycles. The molecular weight excluding hydrogens is 260 g/mol. The van der Waals surface area contributed by atoms with Gasteiger partial charge in [0.15, 0.2) is 0 Å². The van der Waals surface area contributed by atoms with Gasteiger partial charge < -0.3 is 9.75 Å². The van der Waals surface area contributed by atoms with Crippen LogP contribution in [0.25, 0.3) is 0 Å². The molecule has 0 saturated carbocycles. The van der Waals surface area contributed by atoms with Crippen LogP contribution in [0.15, 0.2) is 59.3 Å². The highest BCUT2D eigenvalue weighted by Crippen LogP contribution is 2.34. The molecule has 21 heavy (non-hydrogen) atoms. The first-order valence-electron chi connectivity index (χ1n) is 7.59. The van der Waals surface area contributed by atoms with Crippen molar-refractivity contribution in [2.75, 3.05) is 6.61 Å². The van der Waals surface area contributed by atoms with Crippen molar-refractivity contribution in [1.29, 1.82) is 0 Å². The molecule has 3 nitrogen and oxygen atoms in total. The van der Waals surface area contributed by atoms with Gasteiger partial charge in [-0.2, -0.15) is 0 Å². The van der Waals surface area contributed by atoms with E-state index in [4.69, 9.17) is 4.74 Å². The number of benzene rings is 1. The molecule has 1 aromatic rings. The summed E-state index contributed by atoms with van der Waals surface area (Å²) in [5.41, 5.74) is 8.85. The third-order valence-corrected chi connectivity index (χ3v) is 4.35. The van der Waals surface area contributed by atoms with Crippen LogP contribution in [0.2, 0.25) is 0 Å². The van der Waals surface area contributed by atoms with Crippen LogP contribution in [0.5, 0.6) is 5.75 Å². The van der Waals surface area contributed by atoms with Gasteiger partial charge in [-0.05, 0) is 42.2 Å². The molecular formula is C18H20N2O.